The van der Waals surface area contributed by atoms with E-state index in [1.54, 1.807) is 6.92 Å². The minimum absolute atomic E-state index is 0.148. The second-order valence-electron chi connectivity index (χ2n) is 10.1. The lowest BCUT2D eigenvalue weighted by molar-refractivity contribution is -0.147. The van der Waals surface area contributed by atoms with Gasteiger partial charge in [-0.2, -0.15) is 22.9 Å². The Morgan fingerprint density at radius 2 is 1.71 bits per heavy atom. The largest absolute Gasteiger partial charge is 0.494 e. The van der Waals surface area contributed by atoms with Crippen LogP contribution in [0.15, 0.2) is 29.4 Å². The summed E-state index contributed by atoms with van der Waals surface area (Å²) in [6, 6.07) is 8.28. The summed E-state index contributed by atoms with van der Waals surface area (Å²) in [7, 11) is 0. The Morgan fingerprint density at radius 3 is 2.37 bits per heavy atom. The summed E-state index contributed by atoms with van der Waals surface area (Å²) in [6.45, 7) is 8.16. The van der Waals surface area contributed by atoms with Crippen molar-refractivity contribution in [1.82, 2.24) is 29.6 Å². The van der Waals surface area contributed by atoms with Crippen molar-refractivity contribution in [2.75, 3.05) is 52.4 Å². The first-order valence-corrected chi connectivity index (χ1v) is 13.3. The highest BCUT2D eigenvalue weighted by molar-refractivity contribution is 5.83. The van der Waals surface area contributed by atoms with Gasteiger partial charge in [-0.1, -0.05) is 12.1 Å². The fraction of sp³-hybridized carbons (Fsp3) is 0.615. The zero-order valence-corrected chi connectivity index (χ0v) is 21.7. The number of amides is 1. The number of ether oxygens (including phenoxy) is 1. The number of likely N-dealkylation sites (tertiary alicyclic amines) is 1. The van der Waals surface area contributed by atoms with Crippen LogP contribution in [0.1, 0.15) is 55.7 Å². The molecule has 206 valence electrons. The molecule has 9 nitrogen and oxygen atoms in total. The molecule has 0 aliphatic carbocycles. The normalized spacial score (nSPS) is 19.3. The average molecular weight is 534 g/mol. The highest BCUT2D eigenvalue weighted by Gasteiger charge is 2.40. The van der Waals surface area contributed by atoms with Crippen molar-refractivity contribution >= 4 is 11.7 Å². The molecule has 0 unspecified atom stereocenters. The van der Waals surface area contributed by atoms with Gasteiger partial charge in [0.1, 0.15) is 11.6 Å². The maximum atomic E-state index is 13.2. The molecular formula is C26H34F3N7O2. The Kier molecular flexibility index (Phi) is 7.87. The summed E-state index contributed by atoms with van der Waals surface area (Å²) in [5, 5.41) is 11.2. The smallest absolute Gasteiger partial charge is 0.453 e. The van der Waals surface area contributed by atoms with Gasteiger partial charge in [-0.05, 0) is 42.9 Å². The Bertz CT molecular complexity index is 1130. The van der Waals surface area contributed by atoms with Gasteiger partial charge in [0.2, 0.25) is 5.91 Å². The van der Waals surface area contributed by atoms with Gasteiger partial charge in [0, 0.05) is 65.6 Å². The van der Waals surface area contributed by atoms with Crippen LogP contribution in [0.3, 0.4) is 0 Å². The molecule has 2 saturated heterocycles. The quantitative estimate of drug-likeness (QED) is 0.531. The molecule has 0 N–H and O–H groups in total. The molecule has 0 saturated carbocycles. The van der Waals surface area contributed by atoms with Crippen LogP contribution in [0.25, 0.3) is 0 Å². The number of piperidine rings is 1. The van der Waals surface area contributed by atoms with Gasteiger partial charge in [-0.3, -0.25) is 9.69 Å². The molecule has 0 atom stereocenters. The van der Waals surface area contributed by atoms with E-state index in [-0.39, 0.29) is 11.7 Å². The van der Waals surface area contributed by atoms with Crippen molar-refractivity contribution in [3.05, 3.63) is 41.5 Å². The Morgan fingerprint density at radius 1 is 1.00 bits per heavy atom. The summed E-state index contributed by atoms with van der Waals surface area (Å²) < 4.78 is 46.5. The van der Waals surface area contributed by atoms with Crippen LogP contribution in [0.4, 0.5) is 13.2 Å². The number of alkyl halides is 3. The standard InChI is InChI=1S/C26H34F3N7O2/c1-19(37)34-16-14-33(15-17-34)11-2-18-38-22-5-3-20(4-6-22)21-9-12-35(13-10-21)24-8-7-23-30-31-25(26(27,28)29)36(23)32-24/h3-6,21H,2,7-18H2,1H3. The summed E-state index contributed by atoms with van der Waals surface area (Å²) >= 11 is 0. The van der Waals surface area contributed by atoms with E-state index in [0.717, 1.165) is 75.5 Å². The van der Waals surface area contributed by atoms with E-state index in [0.29, 0.717) is 31.2 Å². The van der Waals surface area contributed by atoms with Crippen molar-refractivity contribution in [3.63, 3.8) is 0 Å². The van der Waals surface area contributed by atoms with Crippen molar-refractivity contribution in [2.24, 2.45) is 5.10 Å². The number of nitrogens with zero attached hydrogens (tertiary/aromatic N) is 7. The number of carbonyl (C=O) groups is 1. The molecule has 0 radical (unpaired) electrons. The maximum absolute atomic E-state index is 13.2. The number of carbonyl (C=O) groups excluding carboxylic acids is 1. The topological polar surface area (TPSA) is 79.1 Å². The molecule has 4 heterocycles. The fourth-order valence-corrected chi connectivity index (χ4v) is 5.43. The highest BCUT2D eigenvalue weighted by atomic mass is 19.4. The third-order valence-corrected chi connectivity index (χ3v) is 7.66. The number of aromatic nitrogens is 3. The molecule has 5 rings (SSSR count). The van der Waals surface area contributed by atoms with E-state index in [4.69, 9.17) is 4.74 Å². The number of benzene rings is 1. The Hall–Kier alpha value is -3.15. The van der Waals surface area contributed by atoms with E-state index in [1.165, 1.54) is 5.56 Å². The summed E-state index contributed by atoms with van der Waals surface area (Å²) in [4.78, 5) is 17.8. The number of rotatable bonds is 6. The van der Waals surface area contributed by atoms with Gasteiger partial charge in [0.05, 0.1) is 6.61 Å². The van der Waals surface area contributed by atoms with Crippen LogP contribution >= 0.6 is 0 Å². The number of halogens is 3. The van der Waals surface area contributed by atoms with Gasteiger partial charge < -0.3 is 14.5 Å². The molecule has 1 aromatic carbocycles. The number of amidine groups is 1. The Labute approximate surface area is 220 Å². The van der Waals surface area contributed by atoms with E-state index < -0.39 is 12.0 Å². The highest BCUT2D eigenvalue weighted by Crippen LogP contribution is 2.32. The average Bonchev–Trinajstić information content (AvgIpc) is 3.36. The summed E-state index contributed by atoms with van der Waals surface area (Å²) in [5.41, 5.74) is 1.26. The second-order valence-corrected chi connectivity index (χ2v) is 10.1. The number of hydrogen-bond acceptors (Lipinski definition) is 7. The molecule has 1 aromatic heterocycles. The third kappa shape index (κ3) is 6.11. The van der Waals surface area contributed by atoms with Gasteiger partial charge in [0.25, 0.3) is 5.82 Å². The molecule has 38 heavy (non-hydrogen) atoms. The summed E-state index contributed by atoms with van der Waals surface area (Å²) in [6.07, 6.45) is -0.839. The first-order chi connectivity index (χ1) is 18.3. The minimum Gasteiger partial charge on any atom is -0.494 e. The Balaban J connectivity index is 1.06. The van der Waals surface area contributed by atoms with E-state index >= 15 is 0 Å². The van der Waals surface area contributed by atoms with Gasteiger partial charge in [0.15, 0.2) is 5.82 Å². The lowest BCUT2D eigenvalue weighted by Gasteiger charge is -2.35. The van der Waals surface area contributed by atoms with E-state index in [2.05, 4.69) is 37.2 Å². The van der Waals surface area contributed by atoms with Crippen LogP contribution in [-0.4, -0.2) is 93.7 Å². The first kappa shape index (κ1) is 26.5. The van der Waals surface area contributed by atoms with Crippen LogP contribution in [-0.2, 0) is 17.4 Å². The van der Waals surface area contributed by atoms with Gasteiger partial charge >= 0.3 is 6.18 Å². The molecular weight excluding hydrogens is 499 g/mol. The third-order valence-electron chi connectivity index (χ3n) is 7.66. The molecule has 0 bridgehead atoms. The van der Waals surface area contributed by atoms with Crippen molar-refractivity contribution in [3.8, 4) is 5.75 Å². The van der Waals surface area contributed by atoms with Gasteiger partial charge in [-0.15, -0.1) is 10.2 Å². The van der Waals surface area contributed by atoms with Crippen LogP contribution in [0, 0.1) is 0 Å². The number of fused-ring (bicyclic) bond motifs is 1. The fourth-order valence-electron chi connectivity index (χ4n) is 5.43. The van der Waals surface area contributed by atoms with Crippen molar-refractivity contribution in [1.29, 1.82) is 0 Å². The summed E-state index contributed by atoms with van der Waals surface area (Å²) in [5.74, 6) is 1.27. The van der Waals surface area contributed by atoms with E-state index in [1.807, 2.05) is 17.0 Å². The molecule has 3 aliphatic rings. The zero-order chi connectivity index (χ0) is 26.7. The predicted molar refractivity (Wildman–Crippen MR) is 135 cm³/mol. The lowest BCUT2D eigenvalue weighted by Crippen LogP contribution is -2.48. The van der Waals surface area contributed by atoms with E-state index in [9.17, 15) is 18.0 Å². The predicted octanol–water partition coefficient (Wildman–Crippen LogP) is 3.22. The molecule has 2 fully saturated rings. The second kappa shape index (κ2) is 11.3. The minimum atomic E-state index is -4.58. The number of aryl methyl sites for hydroxylation is 1. The van der Waals surface area contributed by atoms with Crippen LogP contribution < -0.4 is 4.74 Å². The van der Waals surface area contributed by atoms with Crippen LogP contribution in [0.5, 0.6) is 5.75 Å². The molecule has 2 aromatic rings. The van der Waals surface area contributed by atoms with Crippen molar-refractivity contribution in [2.45, 2.75) is 51.1 Å². The molecule has 12 heteroatoms. The molecule has 3 aliphatic heterocycles. The zero-order valence-electron chi connectivity index (χ0n) is 21.7. The molecule has 0 spiro atoms. The van der Waals surface area contributed by atoms with Crippen LogP contribution in [0.2, 0.25) is 0 Å². The maximum Gasteiger partial charge on any atom is 0.453 e. The number of piperazine rings is 1. The lowest BCUT2D eigenvalue weighted by atomic mass is 9.89. The number of hydrogen-bond donors (Lipinski definition) is 0. The monoisotopic (exact) mass is 533 g/mol. The first-order valence-electron chi connectivity index (χ1n) is 13.3. The SMILES string of the molecule is CC(=O)N1CCN(CCCOc2ccc(C3CCN(C4=Nn5c(nnc5C(F)(F)F)CC4)CC3)cc2)CC1. The molecule has 1 amide bonds. The van der Waals surface area contributed by atoms with Crippen molar-refractivity contribution < 1.29 is 22.7 Å². The van der Waals surface area contributed by atoms with Gasteiger partial charge in [-0.25, -0.2) is 0 Å².